The van der Waals surface area contributed by atoms with Crippen molar-refractivity contribution < 1.29 is 14.3 Å². The minimum absolute atomic E-state index is 0.0658. The number of nitrogens with zero attached hydrogens (tertiary/aromatic N) is 2. The van der Waals surface area contributed by atoms with Crippen LogP contribution in [0.15, 0.2) is 30.5 Å². The van der Waals surface area contributed by atoms with Gasteiger partial charge in [0.15, 0.2) is 0 Å². The number of rotatable bonds is 4. The number of nitrogens with one attached hydrogen (secondary N) is 1. The average molecular weight is 412 g/mol. The number of likely N-dealkylation sites (tertiary alicyclic amines) is 1. The monoisotopic (exact) mass is 411 g/mol. The van der Waals surface area contributed by atoms with Gasteiger partial charge >= 0.3 is 6.03 Å². The summed E-state index contributed by atoms with van der Waals surface area (Å²) in [6.07, 6.45) is 11.2. The fraction of sp³-hybridized carbons (Fsp3) is 0.625. The number of carbonyl (C=O) groups excluding carboxylic acids is 1. The summed E-state index contributed by atoms with van der Waals surface area (Å²) in [4.78, 5) is 14.5. The molecule has 6 heteroatoms. The van der Waals surface area contributed by atoms with Crippen LogP contribution in [-0.4, -0.2) is 53.9 Å². The molecular weight excluding hydrogens is 378 g/mol. The lowest BCUT2D eigenvalue weighted by molar-refractivity contribution is 0.0748. The highest BCUT2D eigenvalue weighted by Crippen LogP contribution is 2.36. The van der Waals surface area contributed by atoms with Gasteiger partial charge in [0.1, 0.15) is 11.9 Å². The normalized spacial score (nSPS) is 21.9. The summed E-state index contributed by atoms with van der Waals surface area (Å²) >= 11 is 0. The first kappa shape index (κ1) is 19.7. The van der Waals surface area contributed by atoms with E-state index in [1.807, 2.05) is 4.90 Å². The molecule has 1 aromatic carbocycles. The zero-order valence-corrected chi connectivity index (χ0v) is 17.7. The molecule has 1 aliphatic carbocycles. The van der Waals surface area contributed by atoms with Gasteiger partial charge in [-0.05, 0) is 43.9 Å². The van der Waals surface area contributed by atoms with E-state index < -0.39 is 0 Å². The SMILES string of the molecule is O=C(NC1CCOCC1)N1CCC(Oc2cccc3c2ccn3C2CCCC2)CC1. The molecule has 5 rings (SSSR count). The lowest BCUT2D eigenvalue weighted by Gasteiger charge is -2.34. The molecule has 0 atom stereocenters. The van der Waals surface area contributed by atoms with Gasteiger partial charge in [0.2, 0.25) is 0 Å². The van der Waals surface area contributed by atoms with Crippen molar-refractivity contribution in [2.24, 2.45) is 0 Å². The number of hydrogen-bond donors (Lipinski definition) is 1. The molecule has 30 heavy (non-hydrogen) atoms. The van der Waals surface area contributed by atoms with Gasteiger partial charge in [-0.2, -0.15) is 0 Å². The van der Waals surface area contributed by atoms with Crippen LogP contribution >= 0.6 is 0 Å². The van der Waals surface area contributed by atoms with Crippen molar-refractivity contribution in [2.75, 3.05) is 26.3 Å². The van der Waals surface area contributed by atoms with Gasteiger partial charge < -0.3 is 24.3 Å². The molecule has 2 aromatic rings. The summed E-state index contributed by atoms with van der Waals surface area (Å²) < 4.78 is 14.3. The Hall–Kier alpha value is -2.21. The van der Waals surface area contributed by atoms with Crippen LogP contribution in [-0.2, 0) is 4.74 Å². The van der Waals surface area contributed by atoms with Crippen molar-refractivity contribution >= 4 is 16.9 Å². The second-order valence-corrected chi connectivity index (χ2v) is 8.99. The Balaban J connectivity index is 1.18. The maximum absolute atomic E-state index is 12.6. The van der Waals surface area contributed by atoms with E-state index in [1.165, 1.54) is 36.6 Å². The van der Waals surface area contributed by atoms with E-state index in [1.54, 1.807) is 0 Å². The van der Waals surface area contributed by atoms with Crippen molar-refractivity contribution in [2.45, 2.75) is 69.6 Å². The minimum atomic E-state index is 0.0658. The quantitative estimate of drug-likeness (QED) is 0.807. The van der Waals surface area contributed by atoms with Gasteiger partial charge in [0.25, 0.3) is 0 Å². The fourth-order valence-corrected chi connectivity index (χ4v) is 5.23. The molecular formula is C24H33N3O3. The van der Waals surface area contributed by atoms with Crippen molar-refractivity contribution in [3.8, 4) is 5.75 Å². The van der Waals surface area contributed by atoms with E-state index in [2.05, 4.69) is 40.3 Å². The standard InChI is InChI=1S/C24H33N3O3/c28-24(25-18-11-16-29-17-12-18)26-13-8-20(9-14-26)30-23-7-3-6-22-21(23)10-15-27(22)19-4-1-2-5-19/h3,6-7,10,15,18-20H,1-2,4-5,8-9,11-14,16-17H2,(H,25,28). The number of urea groups is 1. The van der Waals surface area contributed by atoms with Gasteiger partial charge in [-0.15, -0.1) is 0 Å². The Kier molecular flexibility index (Phi) is 5.84. The smallest absolute Gasteiger partial charge is 0.317 e. The summed E-state index contributed by atoms with van der Waals surface area (Å²) in [6.45, 7) is 2.99. The van der Waals surface area contributed by atoms with Crippen LogP contribution in [0.25, 0.3) is 10.9 Å². The minimum Gasteiger partial charge on any atom is -0.490 e. The zero-order valence-electron chi connectivity index (χ0n) is 17.7. The number of aromatic nitrogens is 1. The first-order valence-electron chi connectivity index (χ1n) is 11.7. The summed E-state index contributed by atoms with van der Waals surface area (Å²) in [7, 11) is 0. The number of ether oxygens (including phenoxy) is 2. The van der Waals surface area contributed by atoms with Crippen molar-refractivity contribution in [3.63, 3.8) is 0 Å². The lowest BCUT2D eigenvalue weighted by atomic mass is 10.1. The van der Waals surface area contributed by atoms with Crippen molar-refractivity contribution in [3.05, 3.63) is 30.5 Å². The van der Waals surface area contributed by atoms with Gasteiger partial charge in [0.05, 0.1) is 5.52 Å². The summed E-state index contributed by atoms with van der Waals surface area (Å²) in [5.41, 5.74) is 1.28. The third-order valence-electron chi connectivity index (χ3n) is 7.01. The maximum atomic E-state index is 12.6. The van der Waals surface area contributed by atoms with Crippen LogP contribution in [0.4, 0.5) is 4.79 Å². The molecule has 6 nitrogen and oxygen atoms in total. The molecule has 1 saturated carbocycles. The molecule has 2 aliphatic heterocycles. The van der Waals surface area contributed by atoms with Gasteiger partial charge in [0, 0.05) is 62.8 Å². The molecule has 0 bridgehead atoms. The van der Waals surface area contributed by atoms with Crippen LogP contribution in [0.2, 0.25) is 0 Å². The van der Waals surface area contributed by atoms with E-state index in [-0.39, 0.29) is 18.2 Å². The summed E-state index contributed by atoms with van der Waals surface area (Å²) in [5.74, 6) is 0.981. The highest BCUT2D eigenvalue weighted by Gasteiger charge is 2.27. The number of amides is 2. The van der Waals surface area contributed by atoms with Crippen LogP contribution in [0.3, 0.4) is 0 Å². The van der Waals surface area contributed by atoms with E-state index in [9.17, 15) is 4.79 Å². The van der Waals surface area contributed by atoms with Gasteiger partial charge in [-0.25, -0.2) is 4.79 Å². The molecule has 0 radical (unpaired) electrons. The predicted octanol–water partition coefficient (Wildman–Crippen LogP) is 4.49. The molecule has 162 valence electrons. The first-order chi connectivity index (χ1) is 14.8. The van der Waals surface area contributed by atoms with Crippen LogP contribution in [0.1, 0.15) is 57.4 Å². The second kappa shape index (κ2) is 8.88. The average Bonchev–Trinajstić information content (AvgIpc) is 3.45. The Morgan fingerprint density at radius 1 is 1.00 bits per heavy atom. The summed E-state index contributed by atoms with van der Waals surface area (Å²) in [5, 5.41) is 4.38. The van der Waals surface area contributed by atoms with Crippen LogP contribution < -0.4 is 10.1 Å². The highest BCUT2D eigenvalue weighted by atomic mass is 16.5. The van der Waals surface area contributed by atoms with Crippen molar-refractivity contribution in [1.82, 2.24) is 14.8 Å². The number of piperidine rings is 1. The van der Waals surface area contributed by atoms with Gasteiger partial charge in [-0.1, -0.05) is 18.9 Å². The van der Waals surface area contributed by atoms with Crippen LogP contribution in [0.5, 0.6) is 5.75 Å². The predicted molar refractivity (Wildman–Crippen MR) is 117 cm³/mol. The first-order valence-corrected chi connectivity index (χ1v) is 11.7. The molecule has 0 unspecified atom stereocenters. The van der Waals surface area contributed by atoms with E-state index in [4.69, 9.17) is 9.47 Å². The largest absolute Gasteiger partial charge is 0.490 e. The Labute approximate surface area is 178 Å². The summed E-state index contributed by atoms with van der Waals surface area (Å²) in [6, 6.07) is 9.57. The van der Waals surface area contributed by atoms with E-state index >= 15 is 0 Å². The molecule has 3 fully saturated rings. The Morgan fingerprint density at radius 3 is 2.53 bits per heavy atom. The zero-order chi connectivity index (χ0) is 20.3. The number of hydrogen-bond acceptors (Lipinski definition) is 3. The molecule has 3 aliphatic rings. The molecule has 0 spiro atoms. The molecule has 1 aromatic heterocycles. The Morgan fingerprint density at radius 2 is 1.77 bits per heavy atom. The van der Waals surface area contributed by atoms with E-state index in [0.717, 1.165) is 57.7 Å². The third kappa shape index (κ3) is 4.15. The molecule has 2 saturated heterocycles. The number of fused-ring (bicyclic) bond motifs is 1. The highest BCUT2D eigenvalue weighted by molar-refractivity contribution is 5.86. The molecule has 3 heterocycles. The van der Waals surface area contributed by atoms with Crippen LogP contribution in [0, 0.1) is 0 Å². The van der Waals surface area contributed by atoms with E-state index in [0.29, 0.717) is 6.04 Å². The molecule has 2 amide bonds. The molecule has 1 N–H and O–H groups in total. The third-order valence-corrected chi connectivity index (χ3v) is 7.01. The lowest BCUT2D eigenvalue weighted by Crippen LogP contribution is -2.50. The number of benzene rings is 1. The topological polar surface area (TPSA) is 55.7 Å². The van der Waals surface area contributed by atoms with Crippen molar-refractivity contribution in [1.29, 1.82) is 0 Å². The number of carbonyl (C=O) groups is 1. The van der Waals surface area contributed by atoms with Gasteiger partial charge in [-0.3, -0.25) is 0 Å². The maximum Gasteiger partial charge on any atom is 0.317 e. The Bertz CT molecular complexity index is 860. The second-order valence-electron chi connectivity index (χ2n) is 8.99. The fourth-order valence-electron chi connectivity index (χ4n) is 5.23.